The first kappa shape index (κ1) is 15.9. The summed E-state index contributed by atoms with van der Waals surface area (Å²) < 4.78 is 0. The molecular weight excluding hydrogens is 325 g/mol. The number of nitrogens with one attached hydrogen (secondary N) is 3. The molecule has 0 spiro atoms. The van der Waals surface area contributed by atoms with E-state index in [9.17, 15) is 9.90 Å². The van der Waals surface area contributed by atoms with Gasteiger partial charge in [-0.25, -0.2) is 0 Å². The van der Waals surface area contributed by atoms with Gasteiger partial charge >= 0.3 is 0 Å². The lowest BCUT2D eigenvalue weighted by Crippen LogP contribution is -2.58. The zero-order valence-electron chi connectivity index (χ0n) is 12.0. The van der Waals surface area contributed by atoms with Gasteiger partial charge in [0, 0.05) is 31.2 Å². The number of rotatable bonds is 3. The predicted molar refractivity (Wildman–Crippen MR) is 86.4 cm³/mol. The van der Waals surface area contributed by atoms with Gasteiger partial charge < -0.3 is 21.1 Å². The molecule has 0 bridgehead atoms. The van der Waals surface area contributed by atoms with Crippen LogP contribution in [0.2, 0.25) is 10.0 Å². The average Bonchev–Trinajstić information content (AvgIpc) is 2.48. The summed E-state index contributed by atoms with van der Waals surface area (Å²) in [5, 5.41) is 20.3. The molecule has 2 fully saturated rings. The van der Waals surface area contributed by atoms with Gasteiger partial charge in [-0.05, 0) is 25.0 Å². The molecule has 2 saturated heterocycles. The van der Waals surface area contributed by atoms with Gasteiger partial charge in [-0.15, -0.1) is 0 Å². The van der Waals surface area contributed by atoms with E-state index in [2.05, 4.69) is 16.0 Å². The molecule has 3 rings (SSSR count). The van der Waals surface area contributed by atoms with E-state index >= 15 is 0 Å². The van der Waals surface area contributed by atoms with E-state index in [1.807, 2.05) is 0 Å². The van der Waals surface area contributed by atoms with Gasteiger partial charge in [-0.2, -0.15) is 0 Å². The van der Waals surface area contributed by atoms with Crippen molar-refractivity contribution in [1.29, 1.82) is 0 Å². The van der Waals surface area contributed by atoms with E-state index in [4.69, 9.17) is 23.2 Å². The van der Waals surface area contributed by atoms with Gasteiger partial charge in [-0.3, -0.25) is 4.79 Å². The normalized spacial score (nSPS) is 25.5. The third kappa shape index (κ3) is 3.18. The SMILES string of the molecule is O=C(NC1CNC1)C1CCC(c2c(O)ccc(Cl)c2Cl)NC1. The molecule has 2 atom stereocenters. The number of piperidine rings is 1. The van der Waals surface area contributed by atoms with E-state index in [0.717, 1.165) is 25.9 Å². The van der Waals surface area contributed by atoms with Crippen LogP contribution in [0.15, 0.2) is 12.1 Å². The van der Waals surface area contributed by atoms with Gasteiger partial charge in [-0.1, -0.05) is 23.2 Å². The van der Waals surface area contributed by atoms with Crippen molar-refractivity contribution in [1.82, 2.24) is 16.0 Å². The number of hydrogen-bond acceptors (Lipinski definition) is 4. The Morgan fingerprint density at radius 1 is 1.23 bits per heavy atom. The summed E-state index contributed by atoms with van der Waals surface area (Å²) in [5.41, 5.74) is 0.621. The van der Waals surface area contributed by atoms with Crippen LogP contribution in [0.4, 0.5) is 0 Å². The minimum absolute atomic E-state index is 0.0445. The number of halogens is 2. The van der Waals surface area contributed by atoms with Crippen molar-refractivity contribution < 1.29 is 9.90 Å². The Balaban J connectivity index is 1.62. The van der Waals surface area contributed by atoms with Crippen molar-refractivity contribution in [2.75, 3.05) is 19.6 Å². The Kier molecular flexibility index (Phi) is 4.78. The van der Waals surface area contributed by atoms with Crippen molar-refractivity contribution in [2.24, 2.45) is 5.92 Å². The standard InChI is InChI=1S/C15H19Cl2N3O2/c16-10-2-4-12(21)13(14(10)17)11-3-1-8(5-19-11)15(22)20-9-6-18-7-9/h2,4,8-9,11,18-19,21H,1,3,5-7H2,(H,20,22). The molecule has 0 aromatic heterocycles. The van der Waals surface area contributed by atoms with E-state index in [1.54, 1.807) is 12.1 Å². The van der Waals surface area contributed by atoms with Crippen LogP contribution < -0.4 is 16.0 Å². The first-order chi connectivity index (χ1) is 10.6. The maximum atomic E-state index is 12.2. The van der Waals surface area contributed by atoms with Crippen LogP contribution in [0.25, 0.3) is 0 Å². The summed E-state index contributed by atoms with van der Waals surface area (Å²) in [7, 11) is 0. The lowest BCUT2D eigenvalue weighted by atomic mass is 9.89. The minimum atomic E-state index is -0.0828. The van der Waals surface area contributed by atoms with E-state index in [-0.39, 0.29) is 29.7 Å². The second-order valence-electron chi connectivity index (χ2n) is 5.89. The molecule has 1 aromatic rings. The molecule has 5 nitrogen and oxygen atoms in total. The second kappa shape index (κ2) is 6.62. The molecule has 1 amide bonds. The molecule has 1 aromatic carbocycles. The molecule has 120 valence electrons. The molecule has 2 aliphatic rings. The molecule has 22 heavy (non-hydrogen) atoms. The maximum absolute atomic E-state index is 12.2. The first-order valence-corrected chi connectivity index (χ1v) is 8.23. The van der Waals surface area contributed by atoms with Crippen molar-refractivity contribution in [2.45, 2.75) is 24.9 Å². The highest BCUT2D eigenvalue weighted by Gasteiger charge is 2.31. The van der Waals surface area contributed by atoms with Crippen molar-refractivity contribution in [3.05, 3.63) is 27.7 Å². The van der Waals surface area contributed by atoms with E-state index in [0.29, 0.717) is 22.2 Å². The van der Waals surface area contributed by atoms with Gasteiger partial charge in [0.1, 0.15) is 5.75 Å². The Morgan fingerprint density at radius 2 is 2.00 bits per heavy atom. The highest BCUT2D eigenvalue weighted by molar-refractivity contribution is 6.42. The van der Waals surface area contributed by atoms with Gasteiger partial charge in [0.05, 0.1) is 22.0 Å². The van der Waals surface area contributed by atoms with E-state index < -0.39 is 0 Å². The van der Waals surface area contributed by atoms with Gasteiger partial charge in [0.25, 0.3) is 0 Å². The Morgan fingerprint density at radius 3 is 2.59 bits per heavy atom. The lowest BCUT2D eigenvalue weighted by molar-refractivity contribution is -0.126. The molecule has 0 radical (unpaired) electrons. The molecule has 2 aliphatic heterocycles. The highest BCUT2D eigenvalue weighted by Crippen LogP contribution is 2.39. The van der Waals surface area contributed by atoms with Gasteiger partial charge in [0.2, 0.25) is 5.91 Å². The van der Waals surface area contributed by atoms with Crippen molar-refractivity contribution in [3.63, 3.8) is 0 Å². The summed E-state index contributed by atoms with van der Waals surface area (Å²) in [6.07, 6.45) is 1.49. The van der Waals surface area contributed by atoms with Crippen LogP contribution in [0.1, 0.15) is 24.4 Å². The minimum Gasteiger partial charge on any atom is -0.508 e. The number of hydrogen-bond donors (Lipinski definition) is 4. The Labute approximate surface area is 139 Å². The summed E-state index contributed by atoms with van der Waals surface area (Å²) in [6.45, 7) is 2.26. The molecule has 2 unspecified atom stereocenters. The van der Waals surface area contributed by atoms with Crippen LogP contribution in [-0.4, -0.2) is 36.7 Å². The summed E-state index contributed by atoms with van der Waals surface area (Å²) in [5.74, 6) is 0.186. The number of benzene rings is 1. The highest BCUT2D eigenvalue weighted by atomic mass is 35.5. The zero-order chi connectivity index (χ0) is 15.7. The topological polar surface area (TPSA) is 73.4 Å². The summed E-state index contributed by atoms with van der Waals surface area (Å²) in [4.78, 5) is 12.2. The Hall–Kier alpha value is -1.01. The molecule has 0 saturated carbocycles. The molecule has 7 heteroatoms. The molecule has 0 aliphatic carbocycles. The fourth-order valence-corrected chi connectivity index (χ4v) is 3.38. The van der Waals surface area contributed by atoms with Crippen LogP contribution in [0.5, 0.6) is 5.75 Å². The monoisotopic (exact) mass is 343 g/mol. The number of aromatic hydroxyl groups is 1. The number of carbonyl (C=O) groups excluding carboxylic acids is 1. The lowest BCUT2D eigenvalue weighted by Gasteiger charge is -2.33. The number of phenolic OH excluding ortho intramolecular Hbond substituents is 1. The second-order valence-corrected chi connectivity index (χ2v) is 6.68. The number of amides is 1. The molecular formula is C15H19Cl2N3O2. The predicted octanol–water partition coefficient (Wildman–Crippen LogP) is 1.83. The Bertz CT molecular complexity index is 570. The van der Waals surface area contributed by atoms with Gasteiger partial charge in [0.15, 0.2) is 0 Å². The molecule has 2 heterocycles. The number of phenols is 1. The fraction of sp³-hybridized carbons (Fsp3) is 0.533. The largest absolute Gasteiger partial charge is 0.508 e. The number of carbonyl (C=O) groups is 1. The van der Waals surface area contributed by atoms with Crippen LogP contribution in [0.3, 0.4) is 0 Å². The van der Waals surface area contributed by atoms with Crippen molar-refractivity contribution in [3.8, 4) is 5.75 Å². The quantitative estimate of drug-likeness (QED) is 0.675. The third-order valence-corrected chi connectivity index (χ3v) is 5.19. The van der Waals surface area contributed by atoms with Crippen molar-refractivity contribution >= 4 is 29.1 Å². The third-order valence-electron chi connectivity index (χ3n) is 4.37. The molecule has 4 N–H and O–H groups in total. The average molecular weight is 344 g/mol. The van der Waals surface area contributed by atoms with Crippen LogP contribution in [0, 0.1) is 5.92 Å². The van der Waals surface area contributed by atoms with Crippen LogP contribution in [-0.2, 0) is 4.79 Å². The maximum Gasteiger partial charge on any atom is 0.224 e. The summed E-state index contributed by atoms with van der Waals surface area (Å²) in [6, 6.07) is 3.31. The first-order valence-electron chi connectivity index (χ1n) is 7.47. The zero-order valence-corrected chi connectivity index (χ0v) is 13.5. The fourth-order valence-electron chi connectivity index (χ4n) is 2.92. The van der Waals surface area contributed by atoms with Crippen LogP contribution >= 0.6 is 23.2 Å². The summed E-state index contributed by atoms with van der Waals surface area (Å²) >= 11 is 12.2. The van der Waals surface area contributed by atoms with E-state index in [1.165, 1.54) is 0 Å². The smallest absolute Gasteiger partial charge is 0.224 e.